The summed E-state index contributed by atoms with van der Waals surface area (Å²) in [4.78, 5) is 2.08. The summed E-state index contributed by atoms with van der Waals surface area (Å²) in [6.45, 7) is 2.40. The van der Waals surface area contributed by atoms with Gasteiger partial charge in [0.2, 0.25) is 0 Å². The summed E-state index contributed by atoms with van der Waals surface area (Å²) in [6.07, 6.45) is 1.52. The third kappa shape index (κ3) is 2.53. The van der Waals surface area contributed by atoms with Crippen molar-refractivity contribution in [3.63, 3.8) is 0 Å². The maximum Gasteiger partial charge on any atom is 0.169 e. The molecule has 0 bridgehead atoms. The van der Waals surface area contributed by atoms with Crippen molar-refractivity contribution in [2.45, 2.75) is 18.9 Å². The van der Waals surface area contributed by atoms with Gasteiger partial charge in [-0.1, -0.05) is 0 Å². The lowest BCUT2D eigenvalue weighted by Crippen LogP contribution is -2.21. The Morgan fingerprint density at radius 3 is 2.90 bits per heavy atom. The monoisotopic (exact) mass is 296 g/mol. The SMILES string of the molecule is CN1CC(CN)CC1c1c(O)c(F)cc2c1OCCCO2. The molecule has 2 aliphatic rings. The summed E-state index contributed by atoms with van der Waals surface area (Å²) in [7, 11) is 1.95. The van der Waals surface area contributed by atoms with Gasteiger partial charge in [0.15, 0.2) is 23.1 Å². The second-order valence-corrected chi connectivity index (χ2v) is 5.79. The normalized spacial score (nSPS) is 25.9. The van der Waals surface area contributed by atoms with E-state index in [4.69, 9.17) is 15.2 Å². The van der Waals surface area contributed by atoms with Crippen LogP contribution in [0.5, 0.6) is 17.2 Å². The van der Waals surface area contributed by atoms with Crippen LogP contribution in [0.1, 0.15) is 24.4 Å². The summed E-state index contributed by atoms with van der Waals surface area (Å²) in [5, 5.41) is 10.2. The molecule has 3 N–H and O–H groups in total. The van der Waals surface area contributed by atoms with E-state index in [2.05, 4.69) is 4.90 Å². The molecule has 2 aliphatic heterocycles. The highest BCUT2D eigenvalue weighted by Gasteiger charge is 2.36. The fraction of sp³-hybridized carbons (Fsp3) is 0.600. The first-order valence-corrected chi connectivity index (χ1v) is 7.33. The number of halogens is 1. The van der Waals surface area contributed by atoms with Crippen LogP contribution in [0.2, 0.25) is 0 Å². The number of likely N-dealkylation sites (tertiary alicyclic amines) is 1. The summed E-state index contributed by atoms with van der Waals surface area (Å²) in [5.41, 5.74) is 6.24. The summed E-state index contributed by atoms with van der Waals surface area (Å²) in [6, 6.07) is 1.10. The zero-order chi connectivity index (χ0) is 15.0. The average Bonchev–Trinajstić information content (AvgIpc) is 2.68. The molecule has 0 aliphatic carbocycles. The lowest BCUT2D eigenvalue weighted by molar-refractivity contribution is 0.274. The smallest absolute Gasteiger partial charge is 0.169 e. The third-order valence-corrected chi connectivity index (χ3v) is 4.30. The van der Waals surface area contributed by atoms with E-state index in [1.807, 2.05) is 7.05 Å². The highest BCUT2D eigenvalue weighted by Crippen LogP contribution is 2.48. The Morgan fingerprint density at radius 1 is 1.43 bits per heavy atom. The maximum atomic E-state index is 14.0. The van der Waals surface area contributed by atoms with Gasteiger partial charge >= 0.3 is 0 Å². The van der Waals surface area contributed by atoms with Crippen molar-refractivity contribution in [1.82, 2.24) is 4.90 Å². The van der Waals surface area contributed by atoms with Crippen LogP contribution in [0, 0.1) is 11.7 Å². The van der Waals surface area contributed by atoms with Crippen molar-refractivity contribution in [2.24, 2.45) is 11.7 Å². The molecule has 0 radical (unpaired) electrons. The number of aromatic hydroxyl groups is 1. The number of phenols is 1. The highest BCUT2D eigenvalue weighted by atomic mass is 19.1. The minimum Gasteiger partial charge on any atom is -0.504 e. The Kier molecular flexibility index (Phi) is 3.91. The molecule has 1 aromatic rings. The summed E-state index contributed by atoms with van der Waals surface area (Å²) in [5.74, 6) is 0.181. The van der Waals surface area contributed by atoms with Gasteiger partial charge < -0.3 is 20.3 Å². The molecule has 2 heterocycles. The van der Waals surface area contributed by atoms with Gasteiger partial charge in [-0.25, -0.2) is 4.39 Å². The zero-order valence-electron chi connectivity index (χ0n) is 12.1. The van der Waals surface area contributed by atoms with Gasteiger partial charge in [0.25, 0.3) is 0 Å². The Hall–Kier alpha value is -1.53. The zero-order valence-corrected chi connectivity index (χ0v) is 12.1. The van der Waals surface area contributed by atoms with Crippen LogP contribution < -0.4 is 15.2 Å². The van der Waals surface area contributed by atoms with Crippen molar-refractivity contribution < 1.29 is 19.0 Å². The summed E-state index contributed by atoms with van der Waals surface area (Å²) < 4.78 is 25.3. The molecule has 1 saturated heterocycles. The van der Waals surface area contributed by atoms with E-state index in [0.717, 1.165) is 19.4 Å². The van der Waals surface area contributed by atoms with E-state index >= 15 is 0 Å². The second-order valence-electron chi connectivity index (χ2n) is 5.79. The first-order chi connectivity index (χ1) is 10.1. The van der Waals surface area contributed by atoms with Crippen molar-refractivity contribution in [2.75, 3.05) is 33.4 Å². The van der Waals surface area contributed by atoms with Gasteiger partial charge in [0.05, 0.1) is 18.8 Å². The molecule has 0 amide bonds. The molecule has 0 spiro atoms. The third-order valence-electron chi connectivity index (χ3n) is 4.30. The largest absolute Gasteiger partial charge is 0.504 e. The fourth-order valence-corrected chi connectivity index (χ4v) is 3.21. The van der Waals surface area contributed by atoms with Gasteiger partial charge in [-0.2, -0.15) is 0 Å². The summed E-state index contributed by atoms with van der Waals surface area (Å²) >= 11 is 0. The van der Waals surface area contributed by atoms with E-state index in [-0.39, 0.29) is 11.8 Å². The van der Waals surface area contributed by atoms with Gasteiger partial charge in [-0.15, -0.1) is 0 Å². The van der Waals surface area contributed by atoms with E-state index in [1.54, 1.807) is 0 Å². The minimum absolute atomic E-state index is 0.107. The number of hydrogen-bond donors (Lipinski definition) is 2. The van der Waals surface area contributed by atoms with Crippen molar-refractivity contribution >= 4 is 0 Å². The van der Waals surface area contributed by atoms with Crippen LogP contribution in [0.3, 0.4) is 0 Å². The first kappa shape index (κ1) is 14.4. The van der Waals surface area contributed by atoms with Gasteiger partial charge in [0.1, 0.15) is 0 Å². The first-order valence-electron chi connectivity index (χ1n) is 7.33. The Balaban J connectivity index is 2.06. The molecule has 2 unspecified atom stereocenters. The van der Waals surface area contributed by atoms with Crippen LogP contribution in [0.4, 0.5) is 4.39 Å². The van der Waals surface area contributed by atoms with E-state index < -0.39 is 5.82 Å². The number of rotatable bonds is 2. The van der Waals surface area contributed by atoms with E-state index in [0.29, 0.717) is 42.7 Å². The topological polar surface area (TPSA) is 68.0 Å². The van der Waals surface area contributed by atoms with Gasteiger partial charge in [-0.05, 0) is 25.9 Å². The van der Waals surface area contributed by atoms with Crippen molar-refractivity contribution in [3.8, 4) is 17.2 Å². The molecule has 116 valence electrons. The predicted molar refractivity (Wildman–Crippen MR) is 76.2 cm³/mol. The minimum atomic E-state index is -0.668. The van der Waals surface area contributed by atoms with E-state index in [1.165, 1.54) is 6.07 Å². The lowest BCUT2D eigenvalue weighted by atomic mass is 9.97. The Morgan fingerprint density at radius 2 is 2.19 bits per heavy atom. The molecule has 2 atom stereocenters. The Bertz CT molecular complexity index is 538. The number of ether oxygens (including phenoxy) is 2. The molecule has 5 nitrogen and oxygen atoms in total. The van der Waals surface area contributed by atoms with Gasteiger partial charge in [0, 0.05) is 25.1 Å². The van der Waals surface area contributed by atoms with Gasteiger partial charge in [-0.3, -0.25) is 4.90 Å². The number of nitrogens with zero attached hydrogens (tertiary/aromatic N) is 1. The van der Waals surface area contributed by atoms with Crippen molar-refractivity contribution in [1.29, 1.82) is 0 Å². The quantitative estimate of drug-likeness (QED) is 0.868. The predicted octanol–water partition coefficient (Wildman–Crippen LogP) is 1.64. The van der Waals surface area contributed by atoms with Crippen LogP contribution >= 0.6 is 0 Å². The van der Waals surface area contributed by atoms with E-state index in [9.17, 15) is 9.50 Å². The number of benzene rings is 1. The highest BCUT2D eigenvalue weighted by molar-refractivity contribution is 5.56. The molecular formula is C15H21FN2O3. The van der Waals surface area contributed by atoms with Crippen LogP contribution in [-0.2, 0) is 0 Å². The number of hydrogen-bond acceptors (Lipinski definition) is 5. The van der Waals surface area contributed by atoms with Crippen LogP contribution in [0.25, 0.3) is 0 Å². The molecule has 21 heavy (non-hydrogen) atoms. The number of phenolic OH excluding ortho intramolecular Hbond substituents is 1. The van der Waals surface area contributed by atoms with Crippen LogP contribution in [0.15, 0.2) is 6.07 Å². The molecule has 1 aromatic carbocycles. The lowest BCUT2D eigenvalue weighted by Gasteiger charge is -2.24. The van der Waals surface area contributed by atoms with Crippen molar-refractivity contribution in [3.05, 3.63) is 17.4 Å². The molecule has 1 fully saturated rings. The second kappa shape index (κ2) is 5.69. The molecule has 3 rings (SSSR count). The number of fused-ring (bicyclic) bond motifs is 1. The molecule has 0 saturated carbocycles. The van der Waals surface area contributed by atoms with Crippen LogP contribution in [-0.4, -0.2) is 43.4 Å². The Labute approximate surface area is 123 Å². The standard InChI is InChI=1S/C15H21FN2O3/c1-18-8-9(7-17)5-11(18)13-14(19)10(16)6-12-15(13)21-4-2-3-20-12/h6,9,11,19H,2-5,7-8,17H2,1H3. The fourth-order valence-electron chi connectivity index (χ4n) is 3.21. The molecular weight excluding hydrogens is 275 g/mol. The maximum absolute atomic E-state index is 14.0. The molecule has 6 heteroatoms. The number of nitrogens with two attached hydrogens (primary N) is 1. The molecule has 0 aromatic heterocycles. The average molecular weight is 296 g/mol.